The van der Waals surface area contributed by atoms with Crippen LogP contribution in [-0.4, -0.2) is 40.5 Å². The first-order valence-corrected chi connectivity index (χ1v) is 6.62. The smallest absolute Gasteiger partial charge is 0.240 e. The van der Waals surface area contributed by atoms with Crippen molar-refractivity contribution in [2.75, 3.05) is 27.2 Å². The lowest BCUT2D eigenvalue weighted by atomic mass is 10.2. The number of hydrogen-bond acceptors (Lipinski definition) is 3. The summed E-state index contributed by atoms with van der Waals surface area (Å²) in [6, 6.07) is 6.97. The summed E-state index contributed by atoms with van der Waals surface area (Å²) in [6.07, 6.45) is 0. The van der Waals surface area contributed by atoms with Crippen LogP contribution in [0.15, 0.2) is 29.2 Å². The van der Waals surface area contributed by atoms with Gasteiger partial charge in [0.05, 0.1) is 4.90 Å². The van der Waals surface area contributed by atoms with Crippen LogP contribution in [-0.2, 0) is 10.0 Å². The summed E-state index contributed by atoms with van der Waals surface area (Å²) in [5, 5.41) is 0. The van der Waals surface area contributed by atoms with Crippen LogP contribution >= 0.6 is 0 Å². The molecule has 0 aliphatic carbocycles. The summed E-state index contributed by atoms with van der Waals surface area (Å²) in [5.74, 6) is 0. The first-order valence-electron chi connectivity index (χ1n) is 5.13. The van der Waals surface area contributed by atoms with Gasteiger partial charge in [-0.2, -0.15) is 0 Å². The van der Waals surface area contributed by atoms with Crippen molar-refractivity contribution in [3.63, 3.8) is 0 Å². The molecule has 0 atom stereocenters. The minimum atomic E-state index is -3.36. The fraction of sp³-hybridized carbons (Fsp3) is 0.455. The van der Waals surface area contributed by atoms with Gasteiger partial charge >= 0.3 is 0 Å². The van der Waals surface area contributed by atoms with E-state index in [0.717, 1.165) is 5.56 Å². The molecule has 1 aromatic carbocycles. The van der Waals surface area contributed by atoms with Crippen molar-refractivity contribution in [2.45, 2.75) is 11.8 Å². The zero-order valence-electron chi connectivity index (χ0n) is 9.90. The summed E-state index contributed by atoms with van der Waals surface area (Å²) < 4.78 is 26.4. The maximum atomic E-state index is 11.9. The second-order valence-electron chi connectivity index (χ2n) is 3.97. The van der Waals surface area contributed by atoms with Gasteiger partial charge in [-0.05, 0) is 32.6 Å². The normalized spacial score (nSPS) is 12.0. The Labute approximate surface area is 97.3 Å². The first kappa shape index (κ1) is 13.2. The summed E-state index contributed by atoms with van der Waals surface area (Å²) in [6.45, 7) is 2.90. The van der Waals surface area contributed by atoms with E-state index < -0.39 is 10.0 Å². The van der Waals surface area contributed by atoms with Gasteiger partial charge in [0.2, 0.25) is 10.0 Å². The molecule has 0 bridgehead atoms. The van der Waals surface area contributed by atoms with Crippen LogP contribution in [0, 0.1) is 6.92 Å². The molecule has 0 aromatic heterocycles. The largest absolute Gasteiger partial charge is 0.308 e. The van der Waals surface area contributed by atoms with Gasteiger partial charge in [0.1, 0.15) is 0 Å². The molecule has 5 heteroatoms. The quantitative estimate of drug-likeness (QED) is 0.832. The van der Waals surface area contributed by atoms with Gasteiger partial charge in [0.15, 0.2) is 0 Å². The van der Waals surface area contributed by atoms with Crippen molar-refractivity contribution in [3.05, 3.63) is 29.8 Å². The molecule has 0 amide bonds. The lowest BCUT2D eigenvalue weighted by Crippen LogP contribution is -2.31. The number of likely N-dealkylation sites (N-methyl/N-ethyl adjacent to an activating group) is 1. The Morgan fingerprint density at radius 1 is 1.25 bits per heavy atom. The molecule has 0 aliphatic heterocycles. The fourth-order valence-corrected chi connectivity index (χ4v) is 2.60. The number of sulfonamides is 1. The van der Waals surface area contributed by atoms with Crippen molar-refractivity contribution in [1.82, 2.24) is 9.62 Å². The molecule has 0 aliphatic rings. The van der Waals surface area contributed by atoms with Crippen molar-refractivity contribution in [3.8, 4) is 0 Å². The standard InChI is InChI=1S/C11H18N2O2S/c1-10-6-4-5-7-11(10)16(14,15)12-8-9-13(2)3/h4-7,12H,8-9H2,1-3H3. The second kappa shape index (κ2) is 5.43. The Kier molecular flexibility index (Phi) is 4.46. The molecule has 0 spiro atoms. The highest BCUT2D eigenvalue weighted by atomic mass is 32.2. The van der Waals surface area contributed by atoms with Crippen LogP contribution in [0.1, 0.15) is 5.56 Å². The topological polar surface area (TPSA) is 49.4 Å². The molecule has 90 valence electrons. The number of hydrogen-bond donors (Lipinski definition) is 1. The minimum Gasteiger partial charge on any atom is -0.308 e. The van der Waals surface area contributed by atoms with Crippen molar-refractivity contribution in [1.29, 1.82) is 0 Å². The van der Waals surface area contributed by atoms with Gasteiger partial charge in [-0.25, -0.2) is 13.1 Å². The van der Waals surface area contributed by atoms with Crippen LogP contribution in [0.3, 0.4) is 0 Å². The van der Waals surface area contributed by atoms with Crippen LogP contribution in [0.2, 0.25) is 0 Å². The third kappa shape index (κ3) is 3.59. The highest BCUT2D eigenvalue weighted by Crippen LogP contribution is 2.13. The second-order valence-corrected chi connectivity index (χ2v) is 5.70. The minimum absolute atomic E-state index is 0.355. The monoisotopic (exact) mass is 242 g/mol. The zero-order chi connectivity index (χ0) is 12.2. The zero-order valence-corrected chi connectivity index (χ0v) is 10.7. The number of nitrogens with one attached hydrogen (secondary N) is 1. The molecule has 0 saturated heterocycles. The van der Waals surface area contributed by atoms with E-state index in [1.807, 2.05) is 25.1 Å². The van der Waals surface area contributed by atoms with Gasteiger partial charge < -0.3 is 4.90 Å². The van der Waals surface area contributed by atoms with Crippen molar-refractivity contribution < 1.29 is 8.42 Å². The van der Waals surface area contributed by atoms with E-state index in [9.17, 15) is 8.42 Å². The predicted octanol–water partition coefficient (Wildman–Crippen LogP) is 0.835. The molecule has 0 radical (unpaired) electrons. The molecule has 0 heterocycles. The number of aryl methyl sites for hydroxylation is 1. The molecule has 4 nitrogen and oxygen atoms in total. The van der Waals surface area contributed by atoms with E-state index >= 15 is 0 Å². The Bertz CT molecular complexity index is 441. The Balaban J connectivity index is 2.75. The Hall–Kier alpha value is -0.910. The summed E-state index contributed by atoms with van der Waals surface area (Å²) in [7, 11) is 0.446. The lowest BCUT2D eigenvalue weighted by molar-refractivity contribution is 0.412. The van der Waals surface area contributed by atoms with Gasteiger partial charge in [0.25, 0.3) is 0 Å². The molecular formula is C11H18N2O2S. The van der Waals surface area contributed by atoms with Crippen LogP contribution in [0.5, 0.6) is 0 Å². The number of benzene rings is 1. The van der Waals surface area contributed by atoms with E-state index in [-0.39, 0.29) is 0 Å². The van der Waals surface area contributed by atoms with Crippen molar-refractivity contribution >= 4 is 10.0 Å². The van der Waals surface area contributed by atoms with Crippen molar-refractivity contribution in [2.24, 2.45) is 0 Å². The highest BCUT2D eigenvalue weighted by molar-refractivity contribution is 7.89. The average Bonchev–Trinajstić information content (AvgIpc) is 2.17. The summed E-state index contributed by atoms with van der Waals surface area (Å²) in [5.41, 5.74) is 0.764. The maximum absolute atomic E-state index is 11.9. The van der Waals surface area contributed by atoms with E-state index in [0.29, 0.717) is 18.0 Å². The van der Waals surface area contributed by atoms with E-state index in [2.05, 4.69) is 4.72 Å². The molecule has 1 aromatic rings. The third-order valence-electron chi connectivity index (χ3n) is 2.23. The fourth-order valence-electron chi connectivity index (χ4n) is 1.34. The highest BCUT2D eigenvalue weighted by Gasteiger charge is 2.14. The summed E-state index contributed by atoms with van der Waals surface area (Å²) in [4.78, 5) is 2.29. The van der Waals surface area contributed by atoms with Gasteiger partial charge in [-0.1, -0.05) is 18.2 Å². The van der Waals surface area contributed by atoms with Gasteiger partial charge in [-0.15, -0.1) is 0 Å². The molecule has 1 rings (SSSR count). The number of rotatable bonds is 5. The van der Waals surface area contributed by atoms with Crippen LogP contribution in [0.4, 0.5) is 0 Å². The molecule has 0 unspecified atom stereocenters. The molecule has 1 N–H and O–H groups in total. The van der Waals surface area contributed by atoms with Gasteiger partial charge in [-0.3, -0.25) is 0 Å². The average molecular weight is 242 g/mol. The summed E-state index contributed by atoms with van der Waals surface area (Å²) >= 11 is 0. The lowest BCUT2D eigenvalue weighted by Gasteiger charge is -2.12. The molecule has 0 fully saturated rings. The van der Waals surface area contributed by atoms with E-state index in [4.69, 9.17) is 0 Å². The van der Waals surface area contributed by atoms with E-state index in [1.54, 1.807) is 25.1 Å². The van der Waals surface area contributed by atoms with Crippen LogP contribution in [0.25, 0.3) is 0 Å². The third-order valence-corrected chi connectivity index (χ3v) is 3.86. The van der Waals surface area contributed by atoms with E-state index in [1.165, 1.54) is 0 Å². The maximum Gasteiger partial charge on any atom is 0.240 e. The predicted molar refractivity (Wildman–Crippen MR) is 64.9 cm³/mol. The Morgan fingerprint density at radius 2 is 1.88 bits per heavy atom. The molecule has 0 saturated carbocycles. The van der Waals surface area contributed by atoms with Crippen LogP contribution < -0.4 is 4.72 Å². The SMILES string of the molecule is Cc1ccccc1S(=O)(=O)NCCN(C)C. The van der Waals surface area contributed by atoms with Gasteiger partial charge in [0, 0.05) is 13.1 Å². The number of nitrogens with zero attached hydrogens (tertiary/aromatic N) is 1. The first-order chi connectivity index (χ1) is 7.43. The molecular weight excluding hydrogens is 224 g/mol. The Morgan fingerprint density at radius 3 is 2.44 bits per heavy atom. The molecule has 16 heavy (non-hydrogen) atoms.